The van der Waals surface area contributed by atoms with Gasteiger partial charge in [-0.15, -0.1) is 0 Å². The Morgan fingerprint density at radius 2 is 1.54 bits per heavy atom. The molecule has 0 amide bonds. The third-order valence-electron chi connectivity index (χ3n) is 5.20. The molecule has 0 aliphatic carbocycles. The van der Waals surface area contributed by atoms with E-state index in [1.807, 2.05) is 31.2 Å². The summed E-state index contributed by atoms with van der Waals surface area (Å²) in [6, 6.07) is 13.7. The molecule has 6 heteroatoms. The van der Waals surface area contributed by atoms with Crippen LogP contribution in [-0.4, -0.2) is 41.8 Å². The first-order valence-corrected chi connectivity index (χ1v) is 9.71. The molecule has 3 nitrogen and oxygen atoms in total. The molecule has 0 spiro atoms. The number of nitrogens with one attached hydrogen (secondary N) is 1. The molecular formula is C22H27F3N2O. The number of rotatable bonds is 6. The Labute approximate surface area is 164 Å². The van der Waals surface area contributed by atoms with Crippen molar-refractivity contribution in [3.05, 3.63) is 59.7 Å². The maximum Gasteiger partial charge on any atom is 0.416 e. The van der Waals surface area contributed by atoms with Gasteiger partial charge in [0.2, 0.25) is 0 Å². The number of piperidine rings is 1. The van der Waals surface area contributed by atoms with Crippen molar-refractivity contribution in [3.63, 3.8) is 0 Å². The summed E-state index contributed by atoms with van der Waals surface area (Å²) in [5.41, 5.74) is 2.21. The van der Waals surface area contributed by atoms with Crippen molar-refractivity contribution in [2.24, 2.45) is 0 Å². The van der Waals surface area contributed by atoms with Crippen LogP contribution in [0.5, 0.6) is 0 Å². The topological polar surface area (TPSA) is 35.5 Å². The Morgan fingerprint density at radius 1 is 1.00 bits per heavy atom. The number of aliphatic hydroxyl groups excluding tert-OH is 1. The van der Waals surface area contributed by atoms with Crippen molar-refractivity contribution in [2.75, 3.05) is 19.6 Å². The van der Waals surface area contributed by atoms with Gasteiger partial charge >= 0.3 is 6.18 Å². The SMILES string of the molecule is CC(O)CN1CCC(NCc2ccc(-c3ccc(C(F)(F)F)cc3)cc2)CC1. The van der Waals surface area contributed by atoms with Crippen LogP contribution in [0.25, 0.3) is 11.1 Å². The van der Waals surface area contributed by atoms with Gasteiger partial charge in [-0.05, 0) is 61.7 Å². The minimum atomic E-state index is -4.31. The third kappa shape index (κ3) is 5.80. The van der Waals surface area contributed by atoms with Crippen LogP contribution in [0.2, 0.25) is 0 Å². The number of aliphatic hydroxyl groups is 1. The lowest BCUT2D eigenvalue weighted by Gasteiger charge is -2.33. The van der Waals surface area contributed by atoms with E-state index in [0.717, 1.165) is 67.8 Å². The average molecular weight is 392 g/mol. The molecule has 2 N–H and O–H groups in total. The predicted molar refractivity (Wildman–Crippen MR) is 105 cm³/mol. The Kier molecular flexibility index (Phi) is 6.75. The van der Waals surface area contributed by atoms with Crippen LogP contribution in [-0.2, 0) is 12.7 Å². The zero-order valence-corrected chi connectivity index (χ0v) is 16.0. The smallest absolute Gasteiger partial charge is 0.392 e. The second kappa shape index (κ2) is 9.07. The second-order valence-electron chi connectivity index (χ2n) is 7.58. The number of nitrogens with zero attached hydrogens (tertiary/aromatic N) is 1. The van der Waals surface area contributed by atoms with Crippen molar-refractivity contribution >= 4 is 0 Å². The molecule has 1 atom stereocenters. The Bertz CT molecular complexity index is 734. The number of hydrogen-bond acceptors (Lipinski definition) is 3. The molecular weight excluding hydrogens is 365 g/mol. The highest BCUT2D eigenvalue weighted by molar-refractivity contribution is 5.64. The summed E-state index contributed by atoms with van der Waals surface area (Å²) < 4.78 is 38.0. The van der Waals surface area contributed by atoms with Gasteiger partial charge in [-0.25, -0.2) is 0 Å². The maximum absolute atomic E-state index is 12.7. The maximum atomic E-state index is 12.7. The van der Waals surface area contributed by atoms with Gasteiger partial charge in [-0.1, -0.05) is 36.4 Å². The number of alkyl halides is 3. The average Bonchev–Trinajstić information content (AvgIpc) is 2.67. The molecule has 0 saturated carbocycles. The van der Waals surface area contributed by atoms with E-state index in [4.69, 9.17) is 0 Å². The number of β-amino-alcohol motifs (C(OH)–C–C–N with tert-alkyl or cyclic N) is 1. The predicted octanol–water partition coefficient (Wildman–Crippen LogP) is 4.31. The van der Waals surface area contributed by atoms with Gasteiger partial charge in [0, 0.05) is 19.1 Å². The highest BCUT2D eigenvalue weighted by Crippen LogP contribution is 2.31. The molecule has 1 unspecified atom stereocenters. The standard InChI is InChI=1S/C22H27F3N2O/c1-16(28)15-27-12-10-21(11-13-27)26-14-17-2-4-18(5-3-17)19-6-8-20(9-7-19)22(23,24)25/h2-9,16,21,26,28H,10-15H2,1H3. The van der Waals surface area contributed by atoms with Crippen molar-refractivity contribution in [1.29, 1.82) is 0 Å². The fraction of sp³-hybridized carbons (Fsp3) is 0.455. The molecule has 28 heavy (non-hydrogen) atoms. The summed E-state index contributed by atoms with van der Waals surface area (Å²) in [5, 5.41) is 13.1. The van der Waals surface area contributed by atoms with Gasteiger partial charge in [0.1, 0.15) is 0 Å². The summed E-state index contributed by atoms with van der Waals surface area (Å²) in [5.74, 6) is 0. The number of benzene rings is 2. The molecule has 0 aromatic heterocycles. The lowest BCUT2D eigenvalue weighted by Crippen LogP contribution is -2.44. The van der Waals surface area contributed by atoms with Crippen molar-refractivity contribution in [2.45, 2.75) is 44.6 Å². The fourth-order valence-corrected chi connectivity index (χ4v) is 3.62. The lowest BCUT2D eigenvalue weighted by atomic mass is 10.0. The van der Waals surface area contributed by atoms with E-state index in [1.54, 1.807) is 0 Å². The van der Waals surface area contributed by atoms with E-state index in [0.29, 0.717) is 6.04 Å². The summed E-state index contributed by atoms with van der Waals surface area (Å²) in [6.07, 6.45) is -2.46. The quantitative estimate of drug-likeness (QED) is 0.769. The third-order valence-corrected chi connectivity index (χ3v) is 5.20. The van der Waals surface area contributed by atoms with E-state index in [-0.39, 0.29) is 6.10 Å². The van der Waals surface area contributed by atoms with E-state index in [1.165, 1.54) is 12.1 Å². The minimum absolute atomic E-state index is 0.285. The minimum Gasteiger partial charge on any atom is -0.392 e. The number of halogens is 3. The lowest BCUT2D eigenvalue weighted by molar-refractivity contribution is -0.137. The Morgan fingerprint density at radius 3 is 2.04 bits per heavy atom. The van der Waals surface area contributed by atoms with Crippen LogP contribution < -0.4 is 5.32 Å². The number of likely N-dealkylation sites (tertiary alicyclic amines) is 1. The van der Waals surface area contributed by atoms with E-state index in [2.05, 4.69) is 10.2 Å². The van der Waals surface area contributed by atoms with Gasteiger partial charge in [0.05, 0.1) is 11.7 Å². The molecule has 3 rings (SSSR count). The van der Waals surface area contributed by atoms with Crippen LogP contribution in [0.4, 0.5) is 13.2 Å². The van der Waals surface area contributed by atoms with E-state index >= 15 is 0 Å². The first-order valence-electron chi connectivity index (χ1n) is 9.71. The van der Waals surface area contributed by atoms with Gasteiger partial charge in [0.15, 0.2) is 0 Å². The molecule has 1 aliphatic heterocycles. The summed E-state index contributed by atoms with van der Waals surface area (Å²) in [6.45, 7) is 5.32. The van der Waals surface area contributed by atoms with Crippen molar-refractivity contribution in [1.82, 2.24) is 10.2 Å². The van der Waals surface area contributed by atoms with Crippen LogP contribution in [0.1, 0.15) is 30.9 Å². The number of hydrogen-bond donors (Lipinski definition) is 2. The zero-order valence-electron chi connectivity index (χ0n) is 16.0. The molecule has 2 aromatic carbocycles. The first kappa shape index (κ1) is 20.8. The van der Waals surface area contributed by atoms with Crippen LogP contribution in [0, 0.1) is 0 Å². The zero-order chi connectivity index (χ0) is 20.1. The molecule has 1 heterocycles. The van der Waals surface area contributed by atoms with Crippen LogP contribution in [0.3, 0.4) is 0 Å². The summed E-state index contributed by atoms with van der Waals surface area (Å²) in [7, 11) is 0. The monoisotopic (exact) mass is 392 g/mol. The Balaban J connectivity index is 1.50. The highest BCUT2D eigenvalue weighted by atomic mass is 19.4. The van der Waals surface area contributed by atoms with Crippen LogP contribution >= 0.6 is 0 Å². The van der Waals surface area contributed by atoms with Gasteiger partial charge in [0.25, 0.3) is 0 Å². The van der Waals surface area contributed by atoms with Crippen molar-refractivity contribution < 1.29 is 18.3 Å². The van der Waals surface area contributed by atoms with Crippen LogP contribution in [0.15, 0.2) is 48.5 Å². The van der Waals surface area contributed by atoms with Gasteiger partial charge in [-0.3, -0.25) is 0 Å². The second-order valence-corrected chi connectivity index (χ2v) is 7.58. The molecule has 1 fully saturated rings. The van der Waals surface area contributed by atoms with Crippen molar-refractivity contribution in [3.8, 4) is 11.1 Å². The van der Waals surface area contributed by atoms with E-state index in [9.17, 15) is 18.3 Å². The molecule has 2 aromatic rings. The molecule has 0 radical (unpaired) electrons. The molecule has 1 aliphatic rings. The van der Waals surface area contributed by atoms with Gasteiger partial charge < -0.3 is 15.3 Å². The summed E-state index contributed by atoms with van der Waals surface area (Å²) >= 11 is 0. The molecule has 0 bridgehead atoms. The van der Waals surface area contributed by atoms with Gasteiger partial charge in [-0.2, -0.15) is 13.2 Å². The molecule has 152 valence electrons. The van der Waals surface area contributed by atoms with E-state index < -0.39 is 11.7 Å². The highest BCUT2D eigenvalue weighted by Gasteiger charge is 2.29. The fourth-order valence-electron chi connectivity index (χ4n) is 3.62. The normalized spacial score (nSPS) is 17.6. The molecule has 1 saturated heterocycles. The summed E-state index contributed by atoms with van der Waals surface area (Å²) in [4.78, 5) is 2.29. The first-order chi connectivity index (χ1) is 13.3. The largest absolute Gasteiger partial charge is 0.416 e. The Hall–Kier alpha value is -1.89.